The lowest BCUT2D eigenvalue weighted by atomic mass is 9.92. The van der Waals surface area contributed by atoms with Gasteiger partial charge in [0.15, 0.2) is 0 Å². The average Bonchev–Trinajstić information content (AvgIpc) is 2.25. The molecule has 0 spiro atoms. The molecule has 2 N–H and O–H groups in total. The molecule has 0 saturated heterocycles. The minimum atomic E-state index is -0.268. The van der Waals surface area contributed by atoms with Gasteiger partial charge in [0.05, 0.1) is 0 Å². The maximum absolute atomic E-state index is 5.90. The number of nitrogens with two attached hydrogens (primary N) is 1. The molecule has 1 aliphatic rings. The Morgan fingerprint density at radius 3 is 2.56 bits per heavy atom. The van der Waals surface area contributed by atoms with E-state index in [1.807, 2.05) is 13.8 Å². The zero-order valence-corrected chi connectivity index (χ0v) is 10.3. The Hall–Kier alpha value is -1.02. The van der Waals surface area contributed by atoms with Crippen LogP contribution in [-0.2, 0) is 12.8 Å². The van der Waals surface area contributed by atoms with Crippen molar-refractivity contribution >= 4 is 0 Å². The summed E-state index contributed by atoms with van der Waals surface area (Å²) in [5, 5.41) is 0. The summed E-state index contributed by atoms with van der Waals surface area (Å²) < 4.78 is 5.71. The van der Waals surface area contributed by atoms with E-state index < -0.39 is 0 Å². The van der Waals surface area contributed by atoms with Crippen molar-refractivity contribution in [2.24, 2.45) is 5.73 Å². The van der Waals surface area contributed by atoms with Gasteiger partial charge in [-0.25, -0.2) is 0 Å². The maximum atomic E-state index is 5.90. The first kappa shape index (κ1) is 11.5. The predicted octanol–water partition coefficient (Wildman–Crippen LogP) is 2.68. The molecule has 2 heteroatoms. The van der Waals surface area contributed by atoms with Crippen LogP contribution >= 0.6 is 0 Å². The quantitative estimate of drug-likeness (QED) is 0.848. The van der Waals surface area contributed by atoms with Crippen LogP contribution in [0.25, 0.3) is 0 Å². The molecule has 0 heterocycles. The van der Waals surface area contributed by atoms with E-state index in [1.54, 1.807) is 0 Å². The molecule has 0 saturated carbocycles. The first-order valence-electron chi connectivity index (χ1n) is 6.08. The lowest BCUT2D eigenvalue weighted by molar-refractivity contribution is 0.243. The second-order valence-electron chi connectivity index (χ2n) is 5.41. The van der Waals surface area contributed by atoms with Crippen molar-refractivity contribution in [3.63, 3.8) is 0 Å². The summed E-state index contributed by atoms with van der Waals surface area (Å²) in [7, 11) is 0. The number of hydrogen-bond acceptors (Lipinski definition) is 2. The van der Waals surface area contributed by atoms with Crippen molar-refractivity contribution in [3.05, 3.63) is 29.3 Å². The largest absolute Gasteiger partial charge is 0.492 e. The predicted molar refractivity (Wildman–Crippen MR) is 66.8 cm³/mol. The second kappa shape index (κ2) is 4.46. The Morgan fingerprint density at radius 2 is 1.88 bits per heavy atom. The zero-order chi connectivity index (χ0) is 11.6. The summed E-state index contributed by atoms with van der Waals surface area (Å²) in [6.07, 6.45) is 5.04. The molecule has 0 radical (unpaired) electrons. The fourth-order valence-corrected chi connectivity index (χ4v) is 2.07. The number of hydrogen-bond donors (Lipinski definition) is 1. The van der Waals surface area contributed by atoms with Crippen LogP contribution in [-0.4, -0.2) is 12.1 Å². The third-order valence-corrected chi connectivity index (χ3v) is 2.93. The molecule has 2 rings (SSSR count). The molecule has 0 aromatic heterocycles. The average molecular weight is 219 g/mol. The van der Waals surface area contributed by atoms with E-state index in [0.717, 1.165) is 5.75 Å². The molecule has 88 valence electrons. The van der Waals surface area contributed by atoms with Crippen molar-refractivity contribution in [1.82, 2.24) is 0 Å². The number of fused-ring (bicyclic) bond motifs is 1. The molecule has 0 aliphatic heterocycles. The number of rotatable bonds is 3. The van der Waals surface area contributed by atoms with Crippen molar-refractivity contribution < 1.29 is 4.74 Å². The summed E-state index contributed by atoms with van der Waals surface area (Å²) in [6.45, 7) is 4.52. The van der Waals surface area contributed by atoms with E-state index in [1.165, 1.54) is 36.8 Å². The third kappa shape index (κ3) is 2.99. The van der Waals surface area contributed by atoms with Gasteiger partial charge in [0.25, 0.3) is 0 Å². The molecule has 1 aromatic rings. The van der Waals surface area contributed by atoms with Crippen LogP contribution < -0.4 is 10.5 Å². The molecule has 1 aromatic carbocycles. The number of ether oxygens (including phenoxy) is 1. The van der Waals surface area contributed by atoms with Gasteiger partial charge in [-0.2, -0.15) is 0 Å². The van der Waals surface area contributed by atoms with Crippen LogP contribution in [0.3, 0.4) is 0 Å². The highest BCUT2D eigenvalue weighted by molar-refractivity contribution is 5.37. The van der Waals surface area contributed by atoms with Crippen LogP contribution in [0, 0.1) is 0 Å². The van der Waals surface area contributed by atoms with Gasteiger partial charge in [-0.1, -0.05) is 6.07 Å². The lowest BCUT2D eigenvalue weighted by Crippen LogP contribution is -2.38. The van der Waals surface area contributed by atoms with E-state index in [4.69, 9.17) is 10.5 Å². The Bertz CT molecular complexity index is 365. The van der Waals surface area contributed by atoms with Crippen molar-refractivity contribution in [3.8, 4) is 5.75 Å². The van der Waals surface area contributed by atoms with Crippen molar-refractivity contribution in [2.75, 3.05) is 6.61 Å². The molecule has 1 aliphatic carbocycles. The van der Waals surface area contributed by atoms with Gasteiger partial charge in [-0.15, -0.1) is 0 Å². The van der Waals surface area contributed by atoms with Gasteiger partial charge in [0, 0.05) is 5.54 Å². The first-order valence-corrected chi connectivity index (χ1v) is 6.08. The molecule has 2 nitrogen and oxygen atoms in total. The Morgan fingerprint density at radius 1 is 1.19 bits per heavy atom. The van der Waals surface area contributed by atoms with Crippen LogP contribution in [0.15, 0.2) is 18.2 Å². The highest BCUT2D eigenvalue weighted by Gasteiger charge is 2.13. The molecule has 16 heavy (non-hydrogen) atoms. The Balaban J connectivity index is 2.06. The molecule has 0 atom stereocenters. The van der Waals surface area contributed by atoms with E-state index >= 15 is 0 Å². The summed E-state index contributed by atoms with van der Waals surface area (Å²) in [4.78, 5) is 0. The van der Waals surface area contributed by atoms with Gasteiger partial charge in [0.2, 0.25) is 0 Å². The van der Waals surface area contributed by atoms with Crippen LogP contribution in [0.1, 0.15) is 37.8 Å². The lowest BCUT2D eigenvalue weighted by Gasteiger charge is -2.21. The SMILES string of the molecule is CC(C)(N)COc1ccc2c(c1)CCCC2. The minimum absolute atomic E-state index is 0.268. The topological polar surface area (TPSA) is 35.2 Å². The molecule has 0 amide bonds. The van der Waals surface area contributed by atoms with Crippen LogP contribution in [0.5, 0.6) is 5.75 Å². The molecular formula is C14H21NO. The fourth-order valence-electron chi connectivity index (χ4n) is 2.07. The van der Waals surface area contributed by atoms with Crippen molar-refractivity contribution in [2.45, 2.75) is 45.1 Å². The molecule has 0 bridgehead atoms. The third-order valence-electron chi connectivity index (χ3n) is 2.93. The summed E-state index contributed by atoms with van der Waals surface area (Å²) in [6, 6.07) is 6.45. The van der Waals surface area contributed by atoms with E-state index in [2.05, 4.69) is 18.2 Å². The summed E-state index contributed by atoms with van der Waals surface area (Å²) in [5.74, 6) is 0.958. The van der Waals surface area contributed by atoms with Gasteiger partial charge in [-0.05, 0) is 62.8 Å². The highest BCUT2D eigenvalue weighted by Crippen LogP contribution is 2.25. The maximum Gasteiger partial charge on any atom is 0.119 e. The van der Waals surface area contributed by atoms with Crippen molar-refractivity contribution in [1.29, 1.82) is 0 Å². The minimum Gasteiger partial charge on any atom is -0.492 e. The fraction of sp³-hybridized carbons (Fsp3) is 0.571. The monoisotopic (exact) mass is 219 g/mol. The summed E-state index contributed by atoms with van der Waals surface area (Å²) >= 11 is 0. The van der Waals surface area contributed by atoms with Crippen LogP contribution in [0.2, 0.25) is 0 Å². The van der Waals surface area contributed by atoms with Gasteiger partial charge in [-0.3, -0.25) is 0 Å². The smallest absolute Gasteiger partial charge is 0.119 e. The summed E-state index contributed by atoms with van der Waals surface area (Å²) in [5.41, 5.74) is 8.58. The van der Waals surface area contributed by atoms with Gasteiger partial charge >= 0.3 is 0 Å². The standard InChI is InChI=1S/C14H21NO/c1-14(2,15)10-16-13-8-7-11-5-3-4-6-12(11)9-13/h7-9H,3-6,10,15H2,1-2H3. The zero-order valence-electron chi connectivity index (χ0n) is 10.3. The highest BCUT2D eigenvalue weighted by atomic mass is 16.5. The van der Waals surface area contributed by atoms with E-state index in [-0.39, 0.29) is 5.54 Å². The number of benzene rings is 1. The Labute approximate surface area is 97.8 Å². The van der Waals surface area contributed by atoms with E-state index in [0.29, 0.717) is 6.61 Å². The Kier molecular flexibility index (Phi) is 3.20. The molecular weight excluding hydrogens is 198 g/mol. The van der Waals surface area contributed by atoms with Gasteiger partial charge in [0.1, 0.15) is 12.4 Å². The molecule has 0 fully saturated rings. The molecule has 0 unspecified atom stereocenters. The van der Waals surface area contributed by atoms with Gasteiger partial charge < -0.3 is 10.5 Å². The van der Waals surface area contributed by atoms with E-state index in [9.17, 15) is 0 Å². The number of aryl methyl sites for hydroxylation is 2. The van der Waals surface area contributed by atoms with Crippen LogP contribution in [0.4, 0.5) is 0 Å². The second-order valence-corrected chi connectivity index (χ2v) is 5.41. The first-order chi connectivity index (χ1) is 7.54. The normalized spacial score (nSPS) is 15.7.